The van der Waals surface area contributed by atoms with Crippen LogP contribution in [0.2, 0.25) is 0 Å². The molecule has 0 fully saturated rings. The quantitative estimate of drug-likeness (QED) is 0.549. The molecule has 0 spiro atoms. The molecule has 0 amide bonds. The monoisotopic (exact) mass is 160 g/mol. The highest BCUT2D eigenvalue weighted by molar-refractivity contribution is 5.83. The third-order valence-corrected chi connectivity index (χ3v) is 1.08. The first kappa shape index (κ1) is 10.1. The number of methoxy groups -OCH3 is 1. The number of carbonyl (C=O) groups excluding carboxylic acids is 2. The Kier molecular flexibility index (Phi) is 4.45. The molecule has 64 valence electrons. The van der Waals surface area contributed by atoms with E-state index in [1.165, 1.54) is 21.0 Å². The van der Waals surface area contributed by atoms with Crippen molar-refractivity contribution < 1.29 is 19.1 Å². The molecule has 0 aromatic carbocycles. The Morgan fingerprint density at radius 3 is 2.18 bits per heavy atom. The van der Waals surface area contributed by atoms with Crippen molar-refractivity contribution in [2.75, 3.05) is 13.7 Å². The molecule has 1 unspecified atom stereocenters. The third-order valence-electron chi connectivity index (χ3n) is 1.08. The van der Waals surface area contributed by atoms with Crippen molar-refractivity contribution in [3.8, 4) is 0 Å². The van der Waals surface area contributed by atoms with Gasteiger partial charge in [0.15, 0.2) is 11.9 Å². The highest BCUT2D eigenvalue weighted by atomic mass is 16.6. The van der Waals surface area contributed by atoms with Gasteiger partial charge in [0, 0.05) is 14.0 Å². The SMILES string of the molecule is COCC(OC(C)=O)C(C)=O. The Morgan fingerprint density at radius 1 is 1.36 bits per heavy atom. The summed E-state index contributed by atoms with van der Waals surface area (Å²) < 4.78 is 9.31. The van der Waals surface area contributed by atoms with Crippen molar-refractivity contribution in [1.29, 1.82) is 0 Å². The molecule has 0 heterocycles. The van der Waals surface area contributed by atoms with Gasteiger partial charge in [-0.3, -0.25) is 9.59 Å². The standard InChI is InChI=1S/C7H12O4/c1-5(8)7(4-10-3)11-6(2)9/h7H,4H2,1-3H3. The van der Waals surface area contributed by atoms with Crippen molar-refractivity contribution in [1.82, 2.24) is 0 Å². The Morgan fingerprint density at radius 2 is 1.91 bits per heavy atom. The molecular weight excluding hydrogens is 148 g/mol. The van der Waals surface area contributed by atoms with Crippen LogP contribution in [0.25, 0.3) is 0 Å². The smallest absolute Gasteiger partial charge is 0.303 e. The number of rotatable bonds is 4. The lowest BCUT2D eigenvalue weighted by Gasteiger charge is -2.11. The second-order valence-corrected chi connectivity index (χ2v) is 2.16. The van der Waals surface area contributed by atoms with Gasteiger partial charge in [0.05, 0.1) is 6.61 Å². The van der Waals surface area contributed by atoms with Crippen LogP contribution >= 0.6 is 0 Å². The van der Waals surface area contributed by atoms with Gasteiger partial charge in [-0.05, 0) is 6.92 Å². The van der Waals surface area contributed by atoms with Crippen LogP contribution in [-0.4, -0.2) is 31.6 Å². The summed E-state index contributed by atoms with van der Waals surface area (Å²) >= 11 is 0. The van der Waals surface area contributed by atoms with Crippen LogP contribution in [0.3, 0.4) is 0 Å². The third kappa shape index (κ3) is 4.50. The first-order chi connectivity index (χ1) is 5.07. The molecule has 0 N–H and O–H groups in total. The number of Topliss-reactive ketones (excluding diaryl/α,β-unsaturated/α-hetero) is 1. The lowest BCUT2D eigenvalue weighted by molar-refractivity contribution is -0.155. The summed E-state index contributed by atoms with van der Waals surface area (Å²) in [7, 11) is 1.44. The summed E-state index contributed by atoms with van der Waals surface area (Å²) in [4.78, 5) is 21.1. The van der Waals surface area contributed by atoms with Gasteiger partial charge in [0.2, 0.25) is 0 Å². The molecule has 0 bridgehead atoms. The fraction of sp³-hybridized carbons (Fsp3) is 0.714. The Bertz CT molecular complexity index is 153. The fourth-order valence-electron chi connectivity index (χ4n) is 0.586. The second-order valence-electron chi connectivity index (χ2n) is 2.16. The summed E-state index contributed by atoms with van der Waals surface area (Å²) in [5.41, 5.74) is 0. The van der Waals surface area contributed by atoms with E-state index in [-0.39, 0.29) is 12.4 Å². The zero-order chi connectivity index (χ0) is 8.85. The van der Waals surface area contributed by atoms with Crippen molar-refractivity contribution in [3.05, 3.63) is 0 Å². The zero-order valence-electron chi connectivity index (χ0n) is 6.92. The van der Waals surface area contributed by atoms with E-state index in [0.717, 1.165) is 0 Å². The van der Waals surface area contributed by atoms with E-state index in [9.17, 15) is 9.59 Å². The normalized spacial score (nSPS) is 12.3. The van der Waals surface area contributed by atoms with E-state index >= 15 is 0 Å². The predicted octanol–water partition coefficient (Wildman–Crippen LogP) is 0.154. The summed E-state index contributed by atoms with van der Waals surface area (Å²) in [5.74, 6) is -0.677. The summed E-state index contributed by atoms with van der Waals surface area (Å²) in [6.07, 6.45) is -0.752. The van der Waals surface area contributed by atoms with Crippen LogP contribution in [0.1, 0.15) is 13.8 Å². The van der Waals surface area contributed by atoms with Gasteiger partial charge in [-0.2, -0.15) is 0 Å². The van der Waals surface area contributed by atoms with E-state index in [1.54, 1.807) is 0 Å². The summed E-state index contributed by atoms with van der Waals surface area (Å²) in [6.45, 7) is 2.73. The largest absolute Gasteiger partial charge is 0.452 e. The second kappa shape index (κ2) is 4.85. The molecular formula is C7H12O4. The van der Waals surface area contributed by atoms with Crippen LogP contribution in [0, 0.1) is 0 Å². The molecule has 4 heteroatoms. The van der Waals surface area contributed by atoms with Crippen LogP contribution < -0.4 is 0 Å². The van der Waals surface area contributed by atoms with E-state index in [4.69, 9.17) is 0 Å². The van der Waals surface area contributed by atoms with Crippen molar-refractivity contribution >= 4 is 11.8 Å². The molecule has 0 saturated carbocycles. The molecule has 4 nitrogen and oxygen atoms in total. The maximum Gasteiger partial charge on any atom is 0.303 e. The summed E-state index contributed by atoms with van der Waals surface area (Å²) in [5, 5.41) is 0. The predicted molar refractivity (Wildman–Crippen MR) is 38.1 cm³/mol. The van der Waals surface area contributed by atoms with Crippen molar-refractivity contribution in [2.45, 2.75) is 20.0 Å². The number of hydrogen-bond acceptors (Lipinski definition) is 4. The van der Waals surface area contributed by atoms with Crippen LogP contribution in [0.5, 0.6) is 0 Å². The molecule has 0 saturated heterocycles. The van der Waals surface area contributed by atoms with Crippen molar-refractivity contribution in [3.63, 3.8) is 0 Å². The Labute approximate surface area is 65.5 Å². The number of esters is 1. The van der Waals surface area contributed by atoms with Gasteiger partial charge < -0.3 is 9.47 Å². The number of ketones is 1. The highest BCUT2D eigenvalue weighted by Crippen LogP contribution is 1.94. The Balaban J connectivity index is 3.89. The zero-order valence-corrected chi connectivity index (χ0v) is 6.92. The maximum atomic E-state index is 10.7. The molecule has 11 heavy (non-hydrogen) atoms. The van der Waals surface area contributed by atoms with Gasteiger partial charge >= 0.3 is 5.97 Å². The topological polar surface area (TPSA) is 52.6 Å². The van der Waals surface area contributed by atoms with E-state index in [2.05, 4.69) is 9.47 Å². The molecule has 0 aliphatic carbocycles. The molecule has 0 aromatic heterocycles. The number of carbonyl (C=O) groups is 2. The van der Waals surface area contributed by atoms with Crippen LogP contribution in [0.15, 0.2) is 0 Å². The molecule has 0 aliphatic heterocycles. The lowest BCUT2D eigenvalue weighted by Crippen LogP contribution is -2.28. The van der Waals surface area contributed by atoms with E-state index in [0.29, 0.717) is 0 Å². The van der Waals surface area contributed by atoms with Crippen molar-refractivity contribution in [2.24, 2.45) is 0 Å². The van der Waals surface area contributed by atoms with Gasteiger partial charge in [-0.15, -0.1) is 0 Å². The minimum Gasteiger partial charge on any atom is -0.452 e. The lowest BCUT2D eigenvalue weighted by atomic mass is 10.3. The van der Waals surface area contributed by atoms with Crippen LogP contribution in [-0.2, 0) is 19.1 Å². The van der Waals surface area contributed by atoms with E-state index < -0.39 is 12.1 Å². The average molecular weight is 160 g/mol. The Hall–Kier alpha value is -0.900. The first-order valence-electron chi connectivity index (χ1n) is 3.24. The molecule has 0 rings (SSSR count). The fourth-order valence-corrected chi connectivity index (χ4v) is 0.586. The van der Waals surface area contributed by atoms with Gasteiger partial charge in [-0.1, -0.05) is 0 Å². The van der Waals surface area contributed by atoms with Gasteiger partial charge in [0.25, 0.3) is 0 Å². The van der Waals surface area contributed by atoms with Gasteiger partial charge in [-0.25, -0.2) is 0 Å². The number of ether oxygens (including phenoxy) is 2. The molecule has 0 aromatic rings. The number of hydrogen-bond donors (Lipinski definition) is 0. The first-order valence-corrected chi connectivity index (χ1v) is 3.24. The maximum absolute atomic E-state index is 10.7. The molecule has 0 aliphatic rings. The van der Waals surface area contributed by atoms with E-state index in [1.807, 2.05) is 0 Å². The summed E-state index contributed by atoms with van der Waals surface area (Å²) in [6, 6.07) is 0. The van der Waals surface area contributed by atoms with Crippen LogP contribution in [0.4, 0.5) is 0 Å². The minimum atomic E-state index is -0.752. The minimum absolute atomic E-state index is 0.120. The molecule has 0 radical (unpaired) electrons. The molecule has 1 atom stereocenters. The average Bonchev–Trinajstić information content (AvgIpc) is 1.86. The van der Waals surface area contributed by atoms with Gasteiger partial charge in [0.1, 0.15) is 0 Å². The highest BCUT2D eigenvalue weighted by Gasteiger charge is 2.16.